The maximum atomic E-state index is 14.3. The Morgan fingerprint density at radius 2 is 1.64 bits per heavy atom. The van der Waals surface area contributed by atoms with E-state index >= 15 is 0 Å². The van der Waals surface area contributed by atoms with E-state index in [1.165, 1.54) is 6.92 Å². The Morgan fingerprint density at radius 1 is 1.00 bits per heavy atom. The van der Waals surface area contributed by atoms with Gasteiger partial charge in [0, 0.05) is 24.0 Å². The Morgan fingerprint density at radius 3 is 2.28 bits per heavy atom. The largest absolute Gasteiger partial charge is 0.460 e. The first-order valence-electron chi connectivity index (χ1n) is 11.5. The molecule has 39 heavy (non-hydrogen) atoms. The maximum absolute atomic E-state index is 14.3. The molecule has 1 aliphatic rings. The summed E-state index contributed by atoms with van der Waals surface area (Å²) in [7, 11) is 0. The molecule has 0 aliphatic carbocycles. The van der Waals surface area contributed by atoms with Crippen LogP contribution in [0.2, 0.25) is 0 Å². The third-order valence-electron chi connectivity index (χ3n) is 6.24. The summed E-state index contributed by atoms with van der Waals surface area (Å²) < 4.78 is 33.5. The molecule has 0 saturated carbocycles. The Hall–Kier alpha value is -3.86. The number of amides is 1. The van der Waals surface area contributed by atoms with Gasteiger partial charge >= 0.3 is 5.97 Å². The van der Waals surface area contributed by atoms with Gasteiger partial charge < -0.3 is 21.1 Å². The lowest BCUT2D eigenvalue weighted by Crippen LogP contribution is -2.28. The molecule has 1 unspecified atom stereocenters. The van der Waals surface area contributed by atoms with Gasteiger partial charge in [-0.15, -0.1) is 24.8 Å². The van der Waals surface area contributed by atoms with Crippen LogP contribution in [0.25, 0.3) is 22.0 Å². The Labute approximate surface area is 235 Å². The Balaban J connectivity index is 0.00000210. The van der Waals surface area contributed by atoms with Crippen LogP contribution in [0, 0.1) is 11.6 Å². The van der Waals surface area contributed by atoms with E-state index in [-0.39, 0.29) is 60.1 Å². The van der Waals surface area contributed by atoms with Gasteiger partial charge in [-0.2, -0.15) is 0 Å². The predicted octanol–water partition coefficient (Wildman–Crippen LogP) is 4.55. The molecule has 4 aromatic rings. The lowest BCUT2D eigenvalue weighted by molar-refractivity contribution is -0.146. The molecule has 1 atom stereocenters. The smallest absolute Gasteiger partial charge is 0.322 e. The van der Waals surface area contributed by atoms with Crippen molar-refractivity contribution >= 4 is 53.5 Å². The van der Waals surface area contributed by atoms with Gasteiger partial charge in [-0.3, -0.25) is 9.59 Å². The van der Waals surface area contributed by atoms with E-state index in [0.29, 0.717) is 29.6 Å². The fourth-order valence-corrected chi connectivity index (χ4v) is 4.36. The molecule has 12 heteroatoms. The Kier molecular flexibility index (Phi) is 9.06. The van der Waals surface area contributed by atoms with Crippen molar-refractivity contribution in [1.82, 2.24) is 14.9 Å². The number of nitrogens with zero attached hydrogens (tertiary/aromatic N) is 3. The summed E-state index contributed by atoms with van der Waals surface area (Å²) in [6, 6.07) is 13.8. The third kappa shape index (κ3) is 5.93. The minimum absolute atomic E-state index is 0. The summed E-state index contributed by atoms with van der Waals surface area (Å²) >= 11 is 0. The van der Waals surface area contributed by atoms with Gasteiger partial charge in [0.15, 0.2) is 11.6 Å². The van der Waals surface area contributed by atoms with E-state index in [0.717, 1.165) is 23.3 Å². The highest BCUT2D eigenvalue weighted by atomic mass is 35.5. The number of aromatic nitrogens is 2. The van der Waals surface area contributed by atoms with Crippen LogP contribution in [-0.4, -0.2) is 32.8 Å². The van der Waals surface area contributed by atoms with Crippen molar-refractivity contribution < 1.29 is 23.1 Å². The molecule has 0 radical (unpaired) electrons. The molecule has 1 amide bonds. The number of esters is 1. The van der Waals surface area contributed by atoms with Crippen LogP contribution in [-0.2, 0) is 29.2 Å². The van der Waals surface area contributed by atoms with E-state index in [9.17, 15) is 18.4 Å². The van der Waals surface area contributed by atoms with E-state index in [4.69, 9.17) is 16.2 Å². The first-order chi connectivity index (χ1) is 17.7. The molecule has 4 N–H and O–H groups in total. The highest BCUT2D eigenvalue weighted by molar-refractivity contribution is 6.06. The number of nitrogens with two attached hydrogens (primary N) is 2. The number of hydrogen-bond acceptors (Lipinski definition) is 7. The van der Waals surface area contributed by atoms with Crippen molar-refractivity contribution in [3.05, 3.63) is 88.6 Å². The number of fused-ring (bicyclic) bond motifs is 2. The van der Waals surface area contributed by atoms with Crippen molar-refractivity contribution in [2.75, 3.05) is 5.73 Å². The second-order valence-electron chi connectivity index (χ2n) is 8.91. The quantitative estimate of drug-likeness (QED) is 0.334. The molecule has 1 aliphatic heterocycles. The van der Waals surface area contributed by atoms with Crippen LogP contribution >= 0.6 is 24.8 Å². The summed E-state index contributed by atoms with van der Waals surface area (Å²) in [5, 5.41) is 0.399. The van der Waals surface area contributed by atoms with Crippen molar-refractivity contribution in [1.29, 1.82) is 0 Å². The van der Waals surface area contributed by atoms with Crippen molar-refractivity contribution in [3.63, 3.8) is 0 Å². The van der Waals surface area contributed by atoms with E-state index < -0.39 is 23.6 Å². The molecule has 8 nitrogen and oxygen atoms in total. The number of nitrogen functional groups attached to an aromatic ring is 1. The average Bonchev–Trinajstić information content (AvgIpc) is 3.32. The first kappa shape index (κ1) is 29.7. The molecular formula is C27H25Cl2F2N5O3. The van der Waals surface area contributed by atoms with Crippen molar-refractivity contribution in [3.8, 4) is 11.1 Å². The number of carbonyl (C=O) groups is 2. The second-order valence-corrected chi connectivity index (χ2v) is 8.91. The van der Waals surface area contributed by atoms with Crippen LogP contribution in [0.1, 0.15) is 34.1 Å². The fourth-order valence-electron chi connectivity index (χ4n) is 4.36. The molecule has 0 bridgehead atoms. The average molecular weight is 576 g/mol. The van der Waals surface area contributed by atoms with E-state index in [1.807, 2.05) is 24.3 Å². The zero-order valence-electron chi connectivity index (χ0n) is 20.7. The van der Waals surface area contributed by atoms with Gasteiger partial charge in [0.2, 0.25) is 5.95 Å². The van der Waals surface area contributed by atoms with Crippen LogP contribution < -0.4 is 11.5 Å². The lowest BCUT2D eigenvalue weighted by atomic mass is 9.97. The molecule has 3 aromatic carbocycles. The number of rotatable bonds is 5. The van der Waals surface area contributed by atoms with Gasteiger partial charge in [0.1, 0.15) is 18.3 Å². The van der Waals surface area contributed by atoms with Crippen LogP contribution in [0.3, 0.4) is 0 Å². The number of halogens is 4. The monoisotopic (exact) mass is 575 g/mol. The summed E-state index contributed by atoms with van der Waals surface area (Å²) in [4.78, 5) is 35.5. The topological polar surface area (TPSA) is 124 Å². The van der Waals surface area contributed by atoms with Crippen LogP contribution in [0.5, 0.6) is 0 Å². The maximum Gasteiger partial charge on any atom is 0.322 e. The van der Waals surface area contributed by atoms with Crippen LogP contribution in [0.4, 0.5) is 14.7 Å². The van der Waals surface area contributed by atoms with Gasteiger partial charge in [0.25, 0.3) is 5.91 Å². The van der Waals surface area contributed by atoms with Gasteiger partial charge in [-0.1, -0.05) is 30.3 Å². The fraction of sp³-hybridized carbons (Fsp3) is 0.185. The van der Waals surface area contributed by atoms with E-state index in [1.54, 1.807) is 23.1 Å². The summed E-state index contributed by atoms with van der Waals surface area (Å²) in [6.45, 7) is 2.00. The standard InChI is InChI=1S/C27H23F2N5O3.2ClH/c1-14(30)26(36)37-13-18-9-21(28)22(29)10-19(18)15-6-7-23-20(8-15)24(33-27(31)32-23)25(35)34-11-16-4-2-3-5-17(16)12-34;;/h2-10,14H,11-13,30H2,1H3,(H2,31,32,33);2*1H. The minimum atomic E-state index is -1.09. The number of anilines is 1. The second kappa shape index (κ2) is 11.9. The molecular weight excluding hydrogens is 551 g/mol. The summed E-state index contributed by atoms with van der Waals surface area (Å²) in [5.41, 5.74) is 15.0. The zero-order chi connectivity index (χ0) is 26.3. The zero-order valence-corrected chi connectivity index (χ0v) is 22.3. The summed E-state index contributed by atoms with van der Waals surface area (Å²) in [6.07, 6.45) is 0. The van der Waals surface area contributed by atoms with Gasteiger partial charge in [0.05, 0.1) is 5.52 Å². The highest BCUT2D eigenvalue weighted by Crippen LogP contribution is 2.32. The molecule has 0 fully saturated rings. The minimum Gasteiger partial charge on any atom is -0.460 e. The number of hydrogen-bond donors (Lipinski definition) is 2. The molecule has 1 aromatic heterocycles. The highest BCUT2D eigenvalue weighted by Gasteiger charge is 2.27. The molecule has 0 saturated heterocycles. The number of ether oxygens (including phenoxy) is 1. The summed E-state index contributed by atoms with van der Waals surface area (Å²) in [5.74, 6) is -3.23. The SMILES string of the molecule is CC(N)C(=O)OCc1cc(F)c(F)cc1-c1ccc2nc(N)nc(C(=O)N3Cc4ccccc4C3)c2c1.Cl.Cl. The predicted molar refractivity (Wildman–Crippen MR) is 147 cm³/mol. The Bertz CT molecular complexity index is 1540. The molecule has 0 spiro atoms. The first-order valence-corrected chi connectivity index (χ1v) is 11.5. The number of carbonyl (C=O) groups excluding carboxylic acids is 2. The number of benzene rings is 3. The molecule has 2 heterocycles. The third-order valence-corrected chi connectivity index (χ3v) is 6.24. The molecule has 5 rings (SSSR count). The lowest BCUT2D eigenvalue weighted by Gasteiger charge is -2.17. The van der Waals surface area contributed by atoms with Gasteiger partial charge in [-0.25, -0.2) is 18.7 Å². The van der Waals surface area contributed by atoms with E-state index in [2.05, 4.69) is 9.97 Å². The molecule has 204 valence electrons. The van der Waals surface area contributed by atoms with Crippen molar-refractivity contribution in [2.45, 2.75) is 32.7 Å². The van der Waals surface area contributed by atoms with Crippen molar-refractivity contribution in [2.24, 2.45) is 5.73 Å². The normalized spacial score (nSPS) is 12.8. The van der Waals surface area contributed by atoms with Gasteiger partial charge in [-0.05, 0) is 53.4 Å². The van der Waals surface area contributed by atoms with Crippen LogP contribution in [0.15, 0.2) is 54.6 Å².